The lowest BCUT2D eigenvalue weighted by molar-refractivity contribution is -0.119. The number of thioether (sulfide) groups is 1. The molecule has 0 unspecified atom stereocenters. The largest absolute Gasteiger partial charge is 0.343 e. The van der Waals surface area contributed by atoms with Crippen LogP contribution in [0.5, 0.6) is 0 Å². The maximum absolute atomic E-state index is 13.6. The van der Waals surface area contributed by atoms with Crippen LogP contribution in [0.25, 0.3) is 0 Å². The van der Waals surface area contributed by atoms with Crippen LogP contribution in [-0.2, 0) is 17.8 Å². The summed E-state index contributed by atoms with van der Waals surface area (Å²) in [5, 5.41) is 6.66. The Balaban J connectivity index is 1.51. The van der Waals surface area contributed by atoms with Gasteiger partial charge < -0.3 is 0 Å². The minimum Gasteiger partial charge on any atom is -0.272 e. The van der Waals surface area contributed by atoms with Crippen molar-refractivity contribution in [2.24, 2.45) is 0 Å². The molecule has 1 heterocycles. The number of rotatable bonds is 7. The summed E-state index contributed by atoms with van der Waals surface area (Å²) in [7, 11) is 0. The van der Waals surface area contributed by atoms with Crippen LogP contribution in [0.15, 0.2) is 64.5 Å². The zero-order chi connectivity index (χ0) is 20.6. The van der Waals surface area contributed by atoms with Gasteiger partial charge in [0.25, 0.3) is 5.91 Å². The molecule has 150 valence electrons. The molecule has 2 aromatic carbocycles. The molecule has 10 heteroatoms. The average molecular weight is 415 g/mol. The van der Waals surface area contributed by atoms with Gasteiger partial charge in [0.15, 0.2) is 5.16 Å². The van der Waals surface area contributed by atoms with Gasteiger partial charge in [-0.05, 0) is 24.1 Å². The van der Waals surface area contributed by atoms with E-state index >= 15 is 0 Å². The summed E-state index contributed by atoms with van der Waals surface area (Å²) in [6.45, 7) is 0.410. The summed E-state index contributed by atoms with van der Waals surface area (Å²) >= 11 is 1.04. The molecule has 0 spiro atoms. The Morgan fingerprint density at radius 3 is 2.55 bits per heavy atom. The third-order valence-electron chi connectivity index (χ3n) is 3.96. The summed E-state index contributed by atoms with van der Waals surface area (Å²) in [4.78, 5) is 35.8. The molecule has 0 saturated heterocycles. The number of carbonyl (C=O) groups excluding carboxylic acids is 2. The quantitative estimate of drug-likeness (QED) is 0.400. The summed E-state index contributed by atoms with van der Waals surface area (Å²) in [6, 6.07) is 15.1. The number of amides is 2. The van der Waals surface area contributed by atoms with Crippen LogP contribution in [0.2, 0.25) is 0 Å². The predicted molar refractivity (Wildman–Crippen MR) is 106 cm³/mol. The molecule has 0 fully saturated rings. The second-order valence-electron chi connectivity index (χ2n) is 5.97. The van der Waals surface area contributed by atoms with Crippen molar-refractivity contribution in [1.82, 2.24) is 25.6 Å². The van der Waals surface area contributed by atoms with Crippen molar-refractivity contribution < 1.29 is 14.0 Å². The van der Waals surface area contributed by atoms with Gasteiger partial charge in [0.1, 0.15) is 5.82 Å². The summed E-state index contributed by atoms with van der Waals surface area (Å²) in [5.41, 5.74) is 4.90. The Morgan fingerprint density at radius 1 is 1.07 bits per heavy atom. The zero-order valence-corrected chi connectivity index (χ0v) is 16.0. The maximum Gasteiger partial charge on any atom is 0.343 e. The first-order valence-electron chi connectivity index (χ1n) is 8.70. The van der Waals surface area contributed by atoms with E-state index in [4.69, 9.17) is 0 Å². The Hall–Kier alpha value is -3.40. The van der Waals surface area contributed by atoms with Crippen LogP contribution >= 0.6 is 11.8 Å². The Kier molecular flexibility index (Phi) is 6.80. The molecule has 0 bridgehead atoms. The van der Waals surface area contributed by atoms with E-state index in [2.05, 4.69) is 21.0 Å². The topological polar surface area (TPSA) is 109 Å². The van der Waals surface area contributed by atoms with E-state index in [0.717, 1.165) is 23.4 Å². The minimum atomic E-state index is -0.763. The van der Waals surface area contributed by atoms with Crippen LogP contribution in [0.4, 0.5) is 4.39 Å². The van der Waals surface area contributed by atoms with Crippen molar-refractivity contribution in [2.45, 2.75) is 18.1 Å². The monoisotopic (exact) mass is 415 g/mol. The molecular weight excluding hydrogens is 397 g/mol. The zero-order valence-electron chi connectivity index (χ0n) is 15.2. The van der Waals surface area contributed by atoms with Crippen molar-refractivity contribution in [3.05, 3.63) is 82.0 Å². The van der Waals surface area contributed by atoms with E-state index in [-0.39, 0.29) is 17.0 Å². The Bertz CT molecular complexity index is 1050. The maximum atomic E-state index is 13.6. The van der Waals surface area contributed by atoms with E-state index in [1.54, 1.807) is 0 Å². The summed E-state index contributed by atoms with van der Waals surface area (Å²) < 4.78 is 15.0. The van der Waals surface area contributed by atoms with Gasteiger partial charge in [-0.25, -0.2) is 14.3 Å². The van der Waals surface area contributed by atoms with Crippen molar-refractivity contribution >= 4 is 23.6 Å². The minimum absolute atomic E-state index is 0.0901. The third-order valence-corrected chi connectivity index (χ3v) is 4.93. The summed E-state index contributed by atoms with van der Waals surface area (Å²) in [5.74, 6) is -2.06. The van der Waals surface area contributed by atoms with Gasteiger partial charge in [-0.15, -0.1) is 5.10 Å². The lowest BCUT2D eigenvalue weighted by Gasteiger charge is -2.08. The van der Waals surface area contributed by atoms with E-state index in [9.17, 15) is 18.8 Å². The van der Waals surface area contributed by atoms with Crippen LogP contribution < -0.4 is 16.5 Å². The highest BCUT2D eigenvalue weighted by atomic mass is 32.2. The molecule has 3 N–H and O–H groups in total. The number of aromatic amines is 1. The van der Waals surface area contributed by atoms with Crippen LogP contribution in [-0.4, -0.2) is 32.3 Å². The van der Waals surface area contributed by atoms with E-state index in [1.165, 1.54) is 22.8 Å². The molecule has 0 aliphatic rings. The SMILES string of the molecule is O=C(CSc1n[nH]c(=O)n1CCc1ccccc1)NNC(=O)c1ccccc1F. The molecule has 0 saturated carbocycles. The number of nitrogens with one attached hydrogen (secondary N) is 3. The number of hydrogen-bond donors (Lipinski definition) is 3. The average Bonchev–Trinajstić information content (AvgIpc) is 3.09. The van der Waals surface area contributed by atoms with Gasteiger partial charge in [0.05, 0.1) is 11.3 Å². The number of halogens is 1. The Morgan fingerprint density at radius 2 is 1.79 bits per heavy atom. The van der Waals surface area contributed by atoms with Crippen LogP contribution in [0, 0.1) is 5.82 Å². The number of carbonyl (C=O) groups is 2. The second kappa shape index (κ2) is 9.69. The number of hydrazine groups is 1. The van der Waals surface area contributed by atoms with Gasteiger partial charge >= 0.3 is 5.69 Å². The predicted octanol–water partition coefficient (Wildman–Crippen LogP) is 1.51. The highest BCUT2D eigenvalue weighted by Gasteiger charge is 2.14. The van der Waals surface area contributed by atoms with Crippen molar-refractivity contribution in [1.29, 1.82) is 0 Å². The number of benzene rings is 2. The highest BCUT2D eigenvalue weighted by molar-refractivity contribution is 7.99. The fourth-order valence-electron chi connectivity index (χ4n) is 2.50. The van der Waals surface area contributed by atoms with Gasteiger partial charge in [0, 0.05) is 6.54 Å². The molecule has 3 aromatic rings. The molecule has 0 radical (unpaired) electrons. The van der Waals surface area contributed by atoms with E-state index < -0.39 is 17.6 Å². The van der Waals surface area contributed by atoms with Gasteiger partial charge in [0.2, 0.25) is 5.91 Å². The van der Waals surface area contributed by atoms with E-state index in [0.29, 0.717) is 18.1 Å². The molecule has 3 rings (SSSR count). The molecule has 8 nitrogen and oxygen atoms in total. The standard InChI is InChI=1S/C19H18FN5O3S/c20-15-9-5-4-8-14(15)17(27)22-21-16(26)12-29-19-24-23-18(28)25(19)11-10-13-6-2-1-3-7-13/h1-9H,10-12H2,(H,21,26)(H,22,27)(H,23,28). The fourth-order valence-corrected chi connectivity index (χ4v) is 3.27. The van der Waals surface area contributed by atoms with E-state index in [1.807, 2.05) is 30.3 Å². The third kappa shape index (κ3) is 5.55. The van der Waals surface area contributed by atoms with Crippen molar-refractivity contribution in [2.75, 3.05) is 5.75 Å². The van der Waals surface area contributed by atoms with Crippen LogP contribution in [0.3, 0.4) is 0 Å². The number of hydrogen-bond acceptors (Lipinski definition) is 5. The lowest BCUT2D eigenvalue weighted by Crippen LogP contribution is -2.42. The van der Waals surface area contributed by atoms with Gasteiger partial charge in [-0.1, -0.05) is 54.2 Å². The highest BCUT2D eigenvalue weighted by Crippen LogP contribution is 2.13. The fraction of sp³-hybridized carbons (Fsp3) is 0.158. The first kappa shape index (κ1) is 20.3. The first-order valence-corrected chi connectivity index (χ1v) is 9.69. The number of nitrogens with zero attached hydrogens (tertiary/aromatic N) is 2. The lowest BCUT2D eigenvalue weighted by atomic mass is 10.1. The smallest absolute Gasteiger partial charge is 0.272 e. The van der Waals surface area contributed by atoms with Crippen LogP contribution in [0.1, 0.15) is 15.9 Å². The molecule has 0 aliphatic heterocycles. The molecule has 1 aromatic heterocycles. The second-order valence-corrected chi connectivity index (χ2v) is 6.91. The molecule has 2 amide bonds. The molecular formula is C19H18FN5O3S. The van der Waals surface area contributed by atoms with Gasteiger partial charge in [-0.2, -0.15) is 0 Å². The molecule has 0 atom stereocenters. The summed E-state index contributed by atoms with van der Waals surface area (Å²) in [6.07, 6.45) is 0.638. The Labute approximate surface area is 169 Å². The number of aromatic nitrogens is 3. The number of H-pyrrole nitrogens is 1. The van der Waals surface area contributed by atoms with Gasteiger partial charge in [-0.3, -0.25) is 25.0 Å². The number of aryl methyl sites for hydroxylation is 1. The first-order chi connectivity index (χ1) is 14.0. The van der Waals surface area contributed by atoms with Crippen molar-refractivity contribution in [3.63, 3.8) is 0 Å². The molecule has 29 heavy (non-hydrogen) atoms. The van der Waals surface area contributed by atoms with Crippen molar-refractivity contribution in [3.8, 4) is 0 Å². The molecule has 0 aliphatic carbocycles. The normalized spacial score (nSPS) is 10.5.